The van der Waals surface area contributed by atoms with Crippen molar-refractivity contribution in [1.82, 2.24) is 0 Å². The molecule has 0 aliphatic carbocycles. The largest absolute Gasteiger partial charge is 0.455 e. The molecule has 2 aromatic carbocycles. The first-order valence-electron chi connectivity index (χ1n) is 12.6. The number of quaternary nitrogens is 1. The molecule has 0 aliphatic rings. The van der Waals surface area contributed by atoms with Gasteiger partial charge in [0, 0.05) is 12.5 Å². The lowest BCUT2D eigenvalue weighted by Gasteiger charge is -2.32. The summed E-state index contributed by atoms with van der Waals surface area (Å²) in [7, 11) is 4.28. The van der Waals surface area contributed by atoms with E-state index in [0.717, 1.165) is 23.2 Å². The molecule has 4 nitrogen and oxygen atoms in total. The first-order valence-corrected chi connectivity index (χ1v) is 12.6. The fraction of sp³-hybridized carbons (Fsp3) is 0.552. The van der Waals surface area contributed by atoms with Gasteiger partial charge >= 0.3 is 5.97 Å². The molecular formula is C29H44NO3+. The Bertz CT molecular complexity index is 801. The SMILES string of the molecule is CCCCCCCCc1ccc(OC(C)OC(=O)C(C)C[N+](C)(C)Cc2ccccc2)cc1. The molecule has 2 atom stereocenters. The van der Waals surface area contributed by atoms with Crippen molar-refractivity contribution in [2.45, 2.75) is 78.6 Å². The number of hydrogen-bond donors (Lipinski definition) is 0. The molecule has 0 spiro atoms. The van der Waals surface area contributed by atoms with E-state index in [1.807, 2.05) is 37.3 Å². The van der Waals surface area contributed by atoms with Gasteiger partial charge in [0.15, 0.2) is 0 Å². The Kier molecular flexibility index (Phi) is 11.5. The van der Waals surface area contributed by atoms with Crippen LogP contribution >= 0.6 is 0 Å². The van der Waals surface area contributed by atoms with Crippen LogP contribution < -0.4 is 4.74 Å². The fourth-order valence-corrected chi connectivity index (χ4v) is 4.30. The fourth-order valence-electron chi connectivity index (χ4n) is 4.30. The molecule has 0 aliphatic heterocycles. The normalized spacial score (nSPS) is 13.4. The minimum absolute atomic E-state index is 0.213. The molecule has 2 aromatic rings. The topological polar surface area (TPSA) is 35.5 Å². The Morgan fingerprint density at radius 2 is 1.48 bits per heavy atom. The van der Waals surface area contributed by atoms with Crippen molar-refractivity contribution in [1.29, 1.82) is 0 Å². The summed E-state index contributed by atoms with van der Waals surface area (Å²) in [5, 5.41) is 0. The molecule has 182 valence electrons. The van der Waals surface area contributed by atoms with Crippen LogP contribution in [0.1, 0.15) is 70.4 Å². The molecule has 33 heavy (non-hydrogen) atoms. The molecule has 4 heteroatoms. The predicted molar refractivity (Wildman–Crippen MR) is 136 cm³/mol. The van der Waals surface area contributed by atoms with Crippen LogP contribution in [0.3, 0.4) is 0 Å². The lowest BCUT2D eigenvalue weighted by molar-refractivity contribution is -0.905. The average Bonchev–Trinajstić information content (AvgIpc) is 2.77. The molecule has 0 N–H and O–H groups in total. The second kappa shape index (κ2) is 14.0. The molecule has 0 bridgehead atoms. The first kappa shape index (κ1) is 26.9. The maximum atomic E-state index is 12.6. The summed E-state index contributed by atoms with van der Waals surface area (Å²) in [6, 6.07) is 18.5. The maximum absolute atomic E-state index is 12.6. The predicted octanol–water partition coefficient (Wildman–Crippen LogP) is 6.77. The number of hydrogen-bond acceptors (Lipinski definition) is 3. The van der Waals surface area contributed by atoms with E-state index in [4.69, 9.17) is 9.47 Å². The van der Waals surface area contributed by atoms with Crippen molar-refractivity contribution >= 4 is 5.97 Å². The Morgan fingerprint density at radius 3 is 2.15 bits per heavy atom. The van der Waals surface area contributed by atoms with Crippen molar-refractivity contribution in [2.75, 3.05) is 20.6 Å². The molecule has 0 saturated heterocycles. The molecule has 0 aromatic heterocycles. The van der Waals surface area contributed by atoms with Gasteiger partial charge < -0.3 is 14.0 Å². The maximum Gasteiger partial charge on any atom is 0.317 e. The van der Waals surface area contributed by atoms with E-state index in [1.54, 1.807) is 6.92 Å². The molecule has 0 fully saturated rings. The van der Waals surface area contributed by atoms with Gasteiger partial charge in [-0.15, -0.1) is 0 Å². The number of benzene rings is 2. The lowest BCUT2D eigenvalue weighted by Crippen LogP contribution is -2.44. The van der Waals surface area contributed by atoms with Gasteiger partial charge in [-0.2, -0.15) is 0 Å². The number of unbranched alkanes of at least 4 members (excludes halogenated alkanes) is 5. The third kappa shape index (κ3) is 10.9. The number of ether oxygens (including phenoxy) is 2. The van der Waals surface area contributed by atoms with Crippen LogP contribution in [0, 0.1) is 5.92 Å². The van der Waals surface area contributed by atoms with E-state index in [0.29, 0.717) is 6.54 Å². The zero-order valence-corrected chi connectivity index (χ0v) is 21.4. The first-order chi connectivity index (χ1) is 15.8. The van der Waals surface area contributed by atoms with E-state index >= 15 is 0 Å². The summed E-state index contributed by atoms with van der Waals surface area (Å²) in [5.41, 5.74) is 2.59. The number of carbonyl (C=O) groups is 1. The van der Waals surface area contributed by atoms with Crippen LogP contribution in [-0.2, 0) is 22.5 Å². The Balaban J connectivity index is 1.73. The molecule has 0 heterocycles. The Labute approximate surface area is 201 Å². The third-order valence-electron chi connectivity index (χ3n) is 5.95. The minimum Gasteiger partial charge on any atom is -0.455 e. The lowest BCUT2D eigenvalue weighted by atomic mass is 10.0. The molecule has 0 radical (unpaired) electrons. The summed E-state index contributed by atoms with van der Waals surface area (Å²) in [6.45, 7) is 7.53. The van der Waals surface area contributed by atoms with E-state index in [9.17, 15) is 4.79 Å². The third-order valence-corrected chi connectivity index (χ3v) is 5.95. The highest BCUT2D eigenvalue weighted by molar-refractivity contribution is 5.72. The van der Waals surface area contributed by atoms with E-state index in [1.165, 1.54) is 49.7 Å². The monoisotopic (exact) mass is 454 g/mol. The summed E-state index contributed by atoms with van der Waals surface area (Å²) in [4.78, 5) is 12.6. The number of esters is 1. The van der Waals surface area contributed by atoms with E-state index in [-0.39, 0.29) is 11.9 Å². The van der Waals surface area contributed by atoms with Crippen LogP contribution in [0.25, 0.3) is 0 Å². The van der Waals surface area contributed by atoms with Crippen molar-refractivity contribution in [3.63, 3.8) is 0 Å². The highest BCUT2D eigenvalue weighted by Gasteiger charge is 2.27. The minimum atomic E-state index is -0.617. The van der Waals surface area contributed by atoms with Gasteiger partial charge in [-0.1, -0.05) is 81.5 Å². The van der Waals surface area contributed by atoms with Gasteiger partial charge in [0.25, 0.3) is 0 Å². The van der Waals surface area contributed by atoms with Gasteiger partial charge in [0.1, 0.15) is 18.2 Å². The highest BCUT2D eigenvalue weighted by atomic mass is 16.7. The smallest absolute Gasteiger partial charge is 0.317 e. The Hall–Kier alpha value is -2.33. The number of rotatable bonds is 15. The van der Waals surface area contributed by atoms with Crippen molar-refractivity contribution in [3.05, 3.63) is 65.7 Å². The van der Waals surface area contributed by atoms with Crippen LogP contribution in [0.4, 0.5) is 0 Å². The Morgan fingerprint density at radius 1 is 0.848 bits per heavy atom. The molecule has 2 rings (SSSR count). The standard InChI is InChI=1S/C29H44NO3/c1-6-7-8-9-10-12-15-26-18-20-28(21-19-26)32-25(3)33-29(31)24(2)22-30(4,5)23-27-16-13-11-14-17-27/h11,13-14,16-21,24-25H,6-10,12,15,22-23H2,1-5H3/q+1. The summed E-state index contributed by atoms with van der Waals surface area (Å²) < 4.78 is 12.1. The van der Waals surface area contributed by atoms with Crippen molar-refractivity contribution < 1.29 is 18.8 Å². The van der Waals surface area contributed by atoms with E-state index < -0.39 is 6.29 Å². The summed E-state index contributed by atoms with van der Waals surface area (Å²) in [6.07, 6.45) is 8.33. The summed E-state index contributed by atoms with van der Waals surface area (Å²) in [5.74, 6) is 0.297. The van der Waals surface area contributed by atoms with Crippen molar-refractivity contribution in [2.24, 2.45) is 5.92 Å². The quantitative estimate of drug-likeness (QED) is 0.129. The van der Waals surface area contributed by atoms with Gasteiger partial charge in [-0.05, 0) is 37.5 Å². The van der Waals surface area contributed by atoms with Crippen LogP contribution in [0.15, 0.2) is 54.6 Å². The number of nitrogens with zero attached hydrogens (tertiary/aromatic N) is 1. The van der Waals surface area contributed by atoms with Crippen LogP contribution in [0.2, 0.25) is 0 Å². The van der Waals surface area contributed by atoms with Gasteiger partial charge in [0.05, 0.1) is 20.6 Å². The van der Waals surface area contributed by atoms with Gasteiger partial charge in [0.2, 0.25) is 6.29 Å². The molecule has 2 unspecified atom stereocenters. The molecule has 0 saturated carbocycles. The van der Waals surface area contributed by atoms with Gasteiger partial charge in [-0.25, -0.2) is 0 Å². The molecular weight excluding hydrogens is 410 g/mol. The second-order valence-electron chi connectivity index (χ2n) is 9.95. The second-order valence-corrected chi connectivity index (χ2v) is 9.95. The zero-order chi connectivity index (χ0) is 24.1. The average molecular weight is 455 g/mol. The van der Waals surface area contributed by atoms with Crippen molar-refractivity contribution in [3.8, 4) is 5.75 Å². The van der Waals surface area contributed by atoms with Crippen LogP contribution in [0.5, 0.6) is 5.75 Å². The van der Waals surface area contributed by atoms with Crippen LogP contribution in [-0.4, -0.2) is 37.4 Å². The number of carbonyl (C=O) groups excluding carboxylic acids is 1. The summed E-state index contributed by atoms with van der Waals surface area (Å²) >= 11 is 0. The number of aryl methyl sites for hydroxylation is 1. The molecule has 0 amide bonds. The highest BCUT2D eigenvalue weighted by Crippen LogP contribution is 2.18. The van der Waals surface area contributed by atoms with Gasteiger partial charge in [-0.3, -0.25) is 4.79 Å². The van der Waals surface area contributed by atoms with E-state index in [2.05, 4.69) is 45.3 Å². The zero-order valence-electron chi connectivity index (χ0n) is 21.4.